The lowest BCUT2D eigenvalue weighted by molar-refractivity contribution is 0.0904. The second-order valence-corrected chi connectivity index (χ2v) is 5.08. The van der Waals surface area contributed by atoms with Gasteiger partial charge < -0.3 is 10.1 Å². The van der Waals surface area contributed by atoms with Gasteiger partial charge in [-0.2, -0.15) is 0 Å². The number of benzene rings is 1. The van der Waals surface area contributed by atoms with Crippen LogP contribution < -0.4 is 5.32 Å². The molecule has 1 fully saturated rings. The zero-order valence-electron chi connectivity index (χ0n) is 11.9. The van der Waals surface area contributed by atoms with Crippen molar-refractivity contribution in [2.75, 3.05) is 18.5 Å². The SMILES string of the molecule is C(#Cc1ccc(NC2CCOCC2)nc1)c1ccccc1. The highest BCUT2D eigenvalue weighted by atomic mass is 16.5. The molecule has 0 atom stereocenters. The van der Waals surface area contributed by atoms with Gasteiger partial charge in [0, 0.05) is 36.6 Å². The van der Waals surface area contributed by atoms with Gasteiger partial charge in [-0.05, 0) is 37.1 Å². The summed E-state index contributed by atoms with van der Waals surface area (Å²) in [7, 11) is 0. The molecule has 0 spiro atoms. The van der Waals surface area contributed by atoms with Gasteiger partial charge in [0.1, 0.15) is 5.82 Å². The van der Waals surface area contributed by atoms with E-state index in [0.717, 1.165) is 43.0 Å². The molecule has 0 unspecified atom stereocenters. The summed E-state index contributed by atoms with van der Waals surface area (Å²) in [6.45, 7) is 1.66. The zero-order valence-corrected chi connectivity index (χ0v) is 11.9. The Morgan fingerprint density at radius 1 is 0.952 bits per heavy atom. The van der Waals surface area contributed by atoms with E-state index >= 15 is 0 Å². The van der Waals surface area contributed by atoms with Crippen LogP contribution in [0.4, 0.5) is 5.82 Å². The van der Waals surface area contributed by atoms with Gasteiger partial charge in [0.2, 0.25) is 0 Å². The Morgan fingerprint density at radius 3 is 2.43 bits per heavy atom. The molecule has 1 aromatic carbocycles. The van der Waals surface area contributed by atoms with Crippen LogP contribution >= 0.6 is 0 Å². The number of pyridine rings is 1. The lowest BCUT2D eigenvalue weighted by Crippen LogP contribution is -2.28. The largest absolute Gasteiger partial charge is 0.381 e. The number of aromatic nitrogens is 1. The van der Waals surface area contributed by atoms with Crippen LogP contribution in [0.2, 0.25) is 0 Å². The van der Waals surface area contributed by atoms with Gasteiger partial charge in [0.15, 0.2) is 0 Å². The number of ether oxygens (including phenoxy) is 1. The molecule has 0 amide bonds. The van der Waals surface area contributed by atoms with Crippen LogP contribution in [0, 0.1) is 11.8 Å². The topological polar surface area (TPSA) is 34.1 Å². The summed E-state index contributed by atoms with van der Waals surface area (Å²) in [5.41, 5.74) is 1.94. The summed E-state index contributed by atoms with van der Waals surface area (Å²) < 4.78 is 5.35. The molecule has 1 N–H and O–H groups in total. The molecule has 3 heteroatoms. The van der Waals surface area contributed by atoms with Gasteiger partial charge in [0.05, 0.1) is 0 Å². The minimum Gasteiger partial charge on any atom is -0.381 e. The molecule has 3 rings (SSSR count). The molecule has 1 aliphatic rings. The fraction of sp³-hybridized carbons (Fsp3) is 0.278. The van der Waals surface area contributed by atoms with Crippen molar-refractivity contribution < 1.29 is 4.74 Å². The van der Waals surface area contributed by atoms with Crippen molar-refractivity contribution in [2.24, 2.45) is 0 Å². The molecule has 0 aliphatic carbocycles. The zero-order chi connectivity index (χ0) is 14.3. The van der Waals surface area contributed by atoms with E-state index in [1.165, 1.54) is 0 Å². The van der Waals surface area contributed by atoms with Crippen LogP contribution in [0.5, 0.6) is 0 Å². The highest BCUT2D eigenvalue weighted by molar-refractivity contribution is 5.45. The minimum atomic E-state index is 0.465. The monoisotopic (exact) mass is 278 g/mol. The molecule has 1 aromatic heterocycles. The molecule has 0 bridgehead atoms. The van der Waals surface area contributed by atoms with Crippen LogP contribution in [0.3, 0.4) is 0 Å². The summed E-state index contributed by atoms with van der Waals surface area (Å²) in [5, 5.41) is 3.44. The number of anilines is 1. The first-order chi connectivity index (χ1) is 10.4. The van der Waals surface area contributed by atoms with Gasteiger partial charge in [-0.1, -0.05) is 30.0 Å². The molecule has 2 heterocycles. The van der Waals surface area contributed by atoms with E-state index in [0.29, 0.717) is 6.04 Å². The van der Waals surface area contributed by atoms with Crippen LogP contribution in [0.1, 0.15) is 24.0 Å². The van der Waals surface area contributed by atoms with Gasteiger partial charge in [-0.25, -0.2) is 4.98 Å². The van der Waals surface area contributed by atoms with Crippen molar-refractivity contribution in [2.45, 2.75) is 18.9 Å². The molecular formula is C18H18N2O. The molecule has 3 nitrogen and oxygen atoms in total. The molecule has 1 saturated heterocycles. The summed E-state index contributed by atoms with van der Waals surface area (Å²) in [6, 6.07) is 14.4. The number of nitrogens with zero attached hydrogens (tertiary/aromatic N) is 1. The Kier molecular flexibility index (Phi) is 4.50. The highest BCUT2D eigenvalue weighted by Gasteiger charge is 2.13. The molecule has 21 heavy (non-hydrogen) atoms. The van der Waals surface area contributed by atoms with Gasteiger partial charge in [-0.3, -0.25) is 0 Å². The Bertz CT molecular complexity index is 620. The van der Waals surface area contributed by atoms with Crippen molar-refractivity contribution in [1.82, 2.24) is 4.98 Å². The summed E-state index contributed by atoms with van der Waals surface area (Å²) in [4.78, 5) is 4.43. The molecule has 0 saturated carbocycles. The first-order valence-electron chi connectivity index (χ1n) is 7.27. The molecule has 106 valence electrons. The fourth-order valence-corrected chi connectivity index (χ4v) is 2.27. The van der Waals surface area contributed by atoms with Crippen LogP contribution in [0.15, 0.2) is 48.7 Å². The first kappa shape index (κ1) is 13.7. The molecule has 2 aromatic rings. The average molecular weight is 278 g/mol. The Labute approximate surface area is 125 Å². The molecule has 1 aliphatic heterocycles. The maximum absolute atomic E-state index is 5.35. The molecule has 0 radical (unpaired) electrons. The third-order valence-electron chi connectivity index (χ3n) is 3.46. The van der Waals surface area contributed by atoms with E-state index < -0.39 is 0 Å². The van der Waals surface area contributed by atoms with E-state index in [9.17, 15) is 0 Å². The van der Waals surface area contributed by atoms with Gasteiger partial charge >= 0.3 is 0 Å². The van der Waals surface area contributed by atoms with Crippen LogP contribution in [-0.4, -0.2) is 24.2 Å². The maximum atomic E-state index is 5.35. The smallest absolute Gasteiger partial charge is 0.126 e. The Hall–Kier alpha value is -2.31. The first-order valence-corrected chi connectivity index (χ1v) is 7.27. The second-order valence-electron chi connectivity index (χ2n) is 5.08. The van der Waals surface area contributed by atoms with Crippen molar-refractivity contribution in [3.8, 4) is 11.8 Å². The highest BCUT2D eigenvalue weighted by Crippen LogP contribution is 2.13. The minimum absolute atomic E-state index is 0.465. The van der Waals surface area contributed by atoms with Crippen molar-refractivity contribution in [1.29, 1.82) is 0 Å². The van der Waals surface area contributed by atoms with Crippen molar-refractivity contribution in [3.63, 3.8) is 0 Å². The van der Waals surface area contributed by atoms with E-state index in [2.05, 4.69) is 22.1 Å². The number of nitrogens with one attached hydrogen (secondary N) is 1. The maximum Gasteiger partial charge on any atom is 0.126 e. The summed E-state index contributed by atoms with van der Waals surface area (Å²) in [5.74, 6) is 7.18. The summed E-state index contributed by atoms with van der Waals surface area (Å²) >= 11 is 0. The van der Waals surface area contributed by atoms with E-state index in [1.54, 1.807) is 0 Å². The summed E-state index contributed by atoms with van der Waals surface area (Å²) in [6.07, 6.45) is 3.89. The second kappa shape index (κ2) is 6.92. The van der Waals surface area contributed by atoms with Crippen LogP contribution in [-0.2, 0) is 4.74 Å². The quantitative estimate of drug-likeness (QED) is 0.857. The lowest BCUT2D eigenvalue weighted by atomic mass is 10.1. The Morgan fingerprint density at radius 2 is 1.71 bits per heavy atom. The predicted octanol–water partition coefficient (Wildman–Crippen LogP) is 3.07. The number of hydrogen-bond acceptors (Lipinski definition) is 3. The predicted molar refractivity (Wildman–Crippen MR) is 84.1 cm³/mol. The lowest BCUT2D eigenvalue weighted by Gasteiger charge is -2.23. The van der Waals surface area contributed by atoms with Gasteiger partial charge in [-0.15, -0.1) is 0 Å². The number of rotatable bonds is 2. The third kappa shape index (κ3) is 4.08. The fourth-order valence-electron chi connectivity index (χ4n) is 2.27. The van der Waals surface area contributed by atoms with Gasteiger partial charge in [0.25, 0.3) is 0 Å². The van der Waals surface area contributed by atoms with Crippen LogP contribution in [0.25, 0.3) is 0 Å². The number of hydrogen-bond donors (Lipinski definition) is 1. The third-order valence-corrected chi connectivity index (χ3v) is 3.46. The average Bonchev–Trinajstić information content (AvgIpc) is 2.56. The van der Waals surface area contributed by atoms with E-state index in [-0.39, 0.29) is 0 Å². The van der Waals surface area contributed by atoms with Crippen molar-refractivity contribution in [3.05, 3.63) is 59.8 Å². The Balaban J connectivity index is 1.63. The normalized spacial score (nSPS) is 15.0. The van der Waals surface area contributed by atoms with E-state index in [1.807, 2.05) is 48.7 Å². The van der Waals surface area contributed by atoms with E-state index in [4.69, 9.17) is 4.74 Å². The standard InChI is InChI=1S/C18H18N2O/c1-2-4-15(5-3-1)6-7-16-8-9-18(19-14-16)20-17-10-12-21-13-11-17/h1-5,8-9,14,17H,10-13H2,(H,19,20). The van der Waals surface area contributed by atoms with Crippen molar-refractivity contribution >= 4 is 5.82 Å². The molecular weight excluding hydrogens is 260 g/mol.